The van der Waals surface area contributed by atoms with Crippen LogP contribution in [0.2, 0.25) is 0 Å². The molecule has 0 aromatic carbocycles. The molecule has 2 aromatic heterocycles. The molecule has 1 unspecified atom stereocenters. The fourth-order valence-corrected chi connectivity index (χ4v) is 1.72. The highest BCUT2D eigenvalue weighted by atomic mass is 16.5. The zero-order valence-electron chi connectivity index (χ0n) is 9.68. The molecule has 0 spiro atoms. The highest BCUT2D eigenvalue weighted by molar-refractivity contribution is 5.53. The Morgan fingerprint density at radius 1 is 1.50 bits per heavy atom. The molecule has 0 aliphatic heterocycles. The van der Waals surface area contributed by atoms with Crippen LogP contribution in [-0.2, 0) is 11.3 Å². The molecular weight excluding hydrogens is 202 g/mol. The Bertz CT molecular complexity index is 452. The van der Waals surface area contributed by atoms with E-state index in [1.165, 1.54) is 5.56 Å². The van der Waals surface area contributed by atoms with Crippen molar-refractivity contribution in [2.75, 3.05) is 13.7 Å². The van der Waals surface area contributed by atoms with Crippen molar-refractivity contribution in [1.82, 2.24) is 14.9 Å². The van der Waals surface area contributed by atoms with Crippen LogP contribution in [0, 0.1) is 0 Å². The Labute approximate surface area is 95.2 Å². The maximum atomic E-state index is 5.08. The normalized spacial score (nSPS) is 13.1. The van der Waals surface area contributed by atoms with E-state index in [4.69, 9.17) is 4.74 Å². The van der Waals surface area contributed by atoms with E-state index < -0.39 is 0 Å². The van der Waals surface area contributed by atoms with E-state index in [-0.39, 0.29) is 0 Å². The van der Waals surface area contributed by atoms with Gasteiger partial charge in [-0.3, -0.25) is 0 Å². The summed E-state index contributed by atoms with van der Waals surface area (Å²) in [6.07, 6.45) is 3.86. The van der Waals surface area contributed by atoms with Gasteiger partial charge in [0.2, 0.25) is 0 Å². The average Bonchev–Trinajstić information content (AvgIpc) is 2.70. The largest absolute Gasteiger partial charge is 0.383 e. The van der Waals surface area contributed by atoms with E-state index in [9.17, 15) is 0 Å². The van der Waals surface area contributed by atoms with Crippen LogP contribution in [0.1, 0.15) is 12.5 Å². The van der Waals surface area contributed by atoms with Gasteiger partial charge in [0, 0.05) is 31.5 Å². The summed E-state index contributed by atoms with van der Waals surface area (Å²) in [6, 6.07) is 6.43. The first-order valence-electron chi connectivity index (χ1n) is 5.45. The second kappa shape index (κ2) is 5.09. The second-order valence-electron chi connectivity index (χ2n) is 3.94. The van der Waals surface area contributed by atoms with E-state index in [1.807, 2.05) is 29.0 Å². The molecule has 2 rings (SSSR count). The lowest BCUT2D eigenvalue weighted by Crippen LogP contribution is -2.29. The SMILES string of the molecule is COCC(C)NCc1cnn2ccccc12. The van der Waals surface area contributed by atoms with Gasteiger partial charge in [0.25, 0.3) is 0 Å². The van der Waals surface area contributed by atoms with Crippen LogP contribution in [0.3, 0.4) is 0 Å². The highest BCUT2D eigenvalue weighted by Crippen LogP contribution is 2.09. The predicted molar refractivity (Wildman–Crippen MR) is 63.4 cm³/mol. The van der Waals surface area contributed by atoms with Crippen molar-refractivity contribution in [3.05, 3.63) is 36.2 Å². The quantitative estimate of drug-likeness (QED) is 0.827. The molecule has 1 N–H and O–H groups in total. The van der Waals surface area contributed by atoms with Crippen LogP contribution < -0.4 is 5.32 Å². The van der Waals surface area contributed by atoms with Gasteiger partial charge in [0.15, 0.2) is 0 Å². The molecule has 0 aliphatic rings. The Morgan fingerprint density at radius 2 is 2.38 bits per heavy atom. The average molecular weight is 219 g/mol. The molecule has 0 saturated carbocycles. The van der Waals surface area contributed by atoms with Crippen molar-refractivity contribution in [3.8, 4) is 0 Å². The Morgan fingerprint density at radius 3 is 3.19 bits per heavy atom. The van der Waals surface area contributed by atoms with E-state index in [0.29, 0.717) is 6.04 Å². The molecule has 0 fully saturated rings. The van der Waals surface area contributed by atoms with Gasteiger partial charge in [0.1, 0.15) is 0 Å². The van der Waals surface area contributed by atoms with Gasteiger partial charge in [0.05, 0.1) is 18.3 Å². The number of rotatable bonds is 5. The molecule has 0 aliphatic carbocycles. The molecular formula is C12H17N3O. The summed E-state index contributed by atoms with van der Waals surface area (Å²) in [5.41, 5.74) is 2.36. The van der Waals surface area contributed by atoms with Crippen molar-refractivity contribution in [2.24, 2.45) is 0 Å². The molecule has 2 heterocycles. The lowest BCUT2D eigenvalue weighted by molar-refractivity contribution is 0.172. The number of ether oxygens (including phenoxy) is 1. The number of methoxy groups -OCH3 is 1. The molecule has 86 valence electrons. The fraction of sp³-hybridized carbons (Fsp3) is 0.417. The van der Waals surface area contributed by atoms with Crippen molar-refractivity contribution in [1.29, 1.82) is 0 Å². The van der Waals surface area contributed by atoms with Gasteiger partial charge in [-0.05, 0) is 19.1 Å². The number of nitrogens with one attached hydrogen (secondary N) is 1. The summed E-state index contributed by atoms with van der Waals surface area (Å²) < 4.78 is 6.96. The predicted octanol–water partition coefficient (Wildman–Crippen LogP) is 1.46. The van der Waals surface area contributed by atoms with Gasteiger partial charge < -0.3 is 10.1 Å². The number of hydrogen-bond donors (Lipinski definition) is 1. The molecule has 4 nitrogen and oxygen atoms in total. The zero-order chi connectivity index (χ0) is 11.4. The minimum atomic E-state index is 0.351. The van der Waals surface area contributed by atoms with Crippen LogP contribution in [0.4, 0.5) is 0 Å². The molecule has 0 bridgehead atoms. The minimum absolute atomic E-state index is 0.351. The summed E-state index contributed by atoms with van der Waals surface area (Å²) in [5.74, 6) is 0. The van der Waals surface area contributed by atoms with Crippen molar-refractivity contribution >= 4 is 5.52 Å². The second-order valence-corrected chi connectivity index (χ2v) is 3.94. The lowest BCUT2D eigenvalue weighted by atomic mass is 10.2. The van der Waals surface area contributed by atoms with E-state index in [0.717, 1.165) is 18.7 Å². The third-order valence-electron chi connectivity index (χ3n) is 2.56. The van der Waals surface area contributed by atoms with Gasteiger partial charge in [-0.2, -0.15) is 5.10 Å². The molecule has 4 heteroatoms. The summed E-state index contributed by atoms with van der Waals surface area (Å²) in [6.45, 7) is 3.65. The van der Waals surface area contributed by atoms with Crippen molar-refractivity contribution in [2.45, 2.75) is 19.5 Å². The summed E-state index contributed by atoms with van der Waals surface area (Å²) in [7, 11) is 1.72. The molecule has 0 radical (unpaired) electrons. The number of aromatic nitrogens is 2. The smallest absolute Gasteiger partial charge is 0.0706 e. The minimum Gasteiger partial charge on any atom is -0.383 e. The Balaban J connectivity index is 2.04. The maximum Gasteiger partial charge on any atom is 0.0706 e. The van der Waals surface area contributed by atoms with Gasteiger partial charge >= 0.3 is 0 Å². The summed E-state index contributed by atoms with van der Waals surface area (Å²) in [4.78, 5) is 0. The van der Waals surface area contributed by atoms with Gasteiger partial charge in [-0.1, -0.05) is 6.07 Å². The topological polar surface area (TPSA) is 38.6 Å². The molecule has 2 aromatic rings. The first-order chi connectivity index (χ1) is 7.81. The third-order valence-corrected chi connectivity index (χ3v) is 2.56. The Kier molecular flexibility index (Phi) is 3.54. The molecule has 16 heavy (non-hydrogen) atoms. The zero-order valence-corrected chi connectivity index (χ0v) is 9.68. The van der Waals surface area contributed by atoms with Crippen LogP contribution in [0.15, 0.2) is 30.6 Å². The monoisotopic (exact) mass is 219 g/mol. The summed E-state index contributed by atoms with van der Waals surface area (Å²) >= 11 is 0. The van der Waals surface area contributed by atoms with Crippen LogP contribution in [-0.4, -0.2) is 29.4 Å². The molecule has 1 atom stereocenters. The number of pyridine rings is 1. The van der Waals surface area contributed by atoms with E-state index in [1.54, 1.807) is 7.11 Å². The number of fused-ring (bicyclic) bond motifs is 1. The van der Waals surface area contributed by atoms with Crippen LogP contribution in [0.25, 0.3) is 5.52 Å². The lowest BCUT2D eigenvalue weighted by Gasteiger charge is -2.11. The van der Waals surface area contributed by atoms with Crippen molar-refractivity contribution < 1.29 is 4.74 Å². The van der Waals surface area contributed by atoms with Gasteiger partial charge in [-0.15, -0.1) is 0 Å². The van der Waals surface area contributed by atoms with Crippen LogP contribution in [0.5, 0.6) is 0 Å². The fourth-order valence-electron chi connectivity index (χ4n) is 1.72. The van der Waals surface area contributed by atoms with E-state index >= 15 is 0 Å². The van der Waals surface area contributed by atoms with Crippen molar-refractivity contribution in [3.63, 3.8) is 0 Å². The molecule has 0 amide bonds. The maximum absolute atomic E-state index is 5.08. The first kappa shape index (κ1) is 11.1. The first-order valence-corrected chi connectivity index (χ1v) is 5.45. The Hall–Kier alpha value is -1.39. The van der Waals surface area contributed by atoms with Gasteiger partial charge in [-0.25, -0.2) is 4.52 Å². The number of hydrogen-bond acceptors (Lipinski definition) is 3. The number of nitrogens with zero attached hydrogens (tertiary/aromatic N) is 2. The third kappa shape index (κ3) is 2.40. The summed E-state index contributed by atoms with van der Waals surface area (Å²) in [5, 5.41) is 7.69. The van der Waals surface area contributed by atoms with Crippen LogP contribution >= 0.6 is 0 Å². The van der Waals surface area contributed by atoms with E-state index in [2.05, 4.69) is 23.4 Å². The molecule has 0 saturated heterocycles. The standard InChI is InChI=1S/C12H17N3O/c1-10(9-16-2)13-7-11-8-14-15-6-4-3-5-12(11)15/h3-6,8,10,13H,7,9H2,1-2H3. The highest BCUT2D eigenvalue weighted by Gasteiger charge is 2.05.